The van der Waals surface area contributed by atoms with E-state index in [1.165, 1.54) is 218 Å². The molecule has 0 aromatic heterocycles. The molecular weight excluding hydrogens is 1070 g/mol. The Morgan fingerprint density at radius 2 is 0.647 bits per heavy atom. The normalized spacial score (nSPS) is 13.5. The Balaban J connectivity index is 3.83. The minimum atomic E-state index is -4.39. The van der Waals surface area contributed by atoms with E-state index < -0.39 is 26.5 Å². The number of unbranched alkanes of at least 4 members (excludes halogenated alkanes) is 38. The standard InChI is InChI=1S/C75H134NO8P/c1-3-5-7-9-11-13-15-17-19-21-23-25-27-28-29-30-31-32-33-34-35-36-37-38-39-40-41-42-43-44-46-48-50-52-54-56-58-60-62-64-66-68-75(78)84-73(72-83-85(79,80)82-70-69-76)71-81-74(77)67-65-63-61-59-57-55-53-51-49-47-45-26-24-22-20-18-16-14-12-10-8-6-4-2/h5,7,11,13,17,19,22-25,28-29,31-32,34-35,73H,3-4,6,8-10,12,14-16,18,20-21,26-27,30,33,36-72,76H2,1-2H3,(H,79,80)/b7-5-,13-11-,19-17-,24-22-,25-23-,29-28-,32-31-,35-34-. The summed E-state index contributed by atoms with van der Waals surface area (Å²) >= 11 is 0. The number of carbonyl (C=O) groups is 2. The Morgan fingerprint density at radius 1 is 0.365 bits per heavy atom. The van der Waals surface area contributed by atoms with Crippen molar-refractivity contribution >= 4 is 19.8 Å². The highest BCUT2D eigenvalue weighted by atomic mass is 31.2. The molecule has 0 bridgehead atoms. The largest absolute Gasteiger partial charge is 0.472 e. The van der Waals surface area contributed by atoms with Crippen LogP contribution in [0.3, 0.4) is 0 Å². The van der Waals surface area contributed by atoms with Gasteiger partial charge >= 0.3 is 19.8 Å². The molecule has 0 aliphatic heterocycles. The van der Waals surface area contributed by atoms with Gasteiger partial charge in [-0.2, -0.15) is 0 Å². The van der Waals surface area contributed by atoms with Crippen LogP contribution >= 0.6 is 7.82 Å². The van der Waals surface area contributed by atoms with Crippen LogP contribution in [0.15, 0.2) is 97.2 Å². The van der Waals surface area contributed by atoms with Crippen molar-refractivity contribution in [2.24, 2.45) is 5.73 Å². The van der Waals surface area contributed by atoms with Crippen molar-refractivity contribution in [3.8, 4) is 0 Å². The predicted molar refractivity (Wildman–Crippen MR) is 367 cm³/mol. The number of rotatable bonds is 67. The Morgan fingerprint density at radius 3 is 0.976 bits per heavy atom. The molecule has 0 radical (unpaired) electrons. The molecular formula is C75H134NO8P. The predicted octanol–water partition coefficient (Wildman–Crippen LogP) is 23.5. The van der Waals surface area contributed by atoms with Crippen LogP contribution < -0.4 is 5.73 Å². The van der Waals surface area contributed by atoms with Crippen LogP contribution in [0.2, 0.25) is 0 Å². The molecule has 9 nitrogen and oxygen atoms in total. The number of hydrogen-bond acceptors (Lipinski definition) is 8. The van der Waals surface area contributed by atoms with Crippen LogP contribution in [-0.2, 0) is 32.7 Å². The molecule has 0 aliphatic rings. The Kier molecular flexibility index (Phi) is 67.5. The zero-order valence-corrected chi connectivity index (χ0v) is 56.2. The maximum atomic E-state index is 12.8. The summed E-state index contributed by atoms with van der Waals surface area (Å²) in [4.78, 5) is 35.3. The summed E-state index contributed by atoms with van der Waals surface area (Å²) in [5, 5.41) is 0. The van der Waals surface area contributed by atoms with Gasteiger partial charge in [-0.3, -0.25) is 18.6 Å². The van der Waals surface area contributed by atoms with Gasteiger partial charge in [-0.25, -0.2) is 4.57 Å². The highest BCUT2D eigenvalue weighted by molar-refractivity contribution is 7.47. The number of ether oxygens (including phenoxy) is 2. The van der Waals surface area contributed by atoms with E-state index in [9.17, 15) is 19.0 Å². The van der Waals surface area contributed by atoms with Gasteiger partial charge in [0, 0.05) is 19.4 Å². The summed E-state index contributed by atoms with van der Waals surface area (Å²) in [5.41, 5.74) is 5.40. The van der Waals surface area contributed by atoms with Crippen LogP contribution in [0.5, 0.6) is 0 Å². The third kappa shape index (κ3) is 69.9. The first-order valence-electron chi connectivity index (χ1n) is 35.7. The molecule has 2 unspecified atom stereocenters. The van der Waals surface area contributed by atoms with Crippen LogP contribution in [0, 0.1) is 0 Å². The molecule has 2 atom stereocenters. The molecule has 0 saturated carbocycles. The SMILES string of the molecule is CC/C=C\C/C=C\C/C=C\C/C=C\C/C=C\C/C=C\C/C=C\CCCCCCCCCCCCCCCCCCCCCC(=O)OC(COC(=O)CCCCCCCCCCCCC/C=C\CCCCCCCCCC)COP(=O)(O)OCCN. The van der Waals surface area contributed by atoms with Crippen molar-refractivity contribution in [1.82, 2.24) is 0 Å². The van der Waals surface area contributed by atoms with Gasteiger partial charge < -0.3 is 20.1 Å². The van der Waals surface area contributed by atoms with Crippen molar-refractivity contribution in [2.75, 3.05) is 26.4 Å². The minimum Gasteiger partial charge on any atom is -0.462 e. The summed E-state index contributed by atoms with van der Waals surface area (Å²) in [6.45, 7) is 3.67. The van der Waals surface area contributed by atoms with E-state index in [1.54, 1.807) is 0 Å². The topological polar surface area (TPSA) is 134 Å². The van der Waals surface area contributed by atoms with Crippen LogP contribution in [0.4, 0.5) is 0 Å². The van der Waals surface area contributed by atoms with Crippen molar-refractivity contribution in [1.29, 1.82) is 0 Å². The third-order valence-corrected chi connectivity index (χ3v) is 16.4. The van der Waals surface area contributed by atoms with Gasteiger partial charge in [0.2, 0.25) is 0 Å². The van der Waals surface area contributed by atoms with Crippen LogP contribution in [0.25, 0.3) is 0 Å². The number of phosphoric ester groups is 1. The van der Waals surface area contributed by atoms with Gasteiger partial charge in [-0.15, -0.1) is 0 Å². The first-order chi connectivity index (χ1) is 41.8. The summed E-state index contributed by atoms with van der Waals surface area (Å²) in [7, 11) is -4.39. The first-order valence-corrected chi connectivity index (χ1v) is 37.2. The molecule has 0 saturated heterocycles. The maximum absolute atomic E-state index is 12.8. The lowest BCUT2D eigenvalue weighted by Gasteiger charge is -2.19. The fraction of sp³-hybridized carbons (Fsp3) is 0.760. The summed E-state index contributed by atoms with van der Waals surface area (Å²) in [6.07, 6.45) is 95.1. The average Bonchev–Trinajstić information content (AvgIpc) is 3.52. The van der Waals surface area contributed by atoms with Gasteiger partial charge in [-0.05, 0) is 96.3 Å². The van der Waals surface area contributed by atoms with Gasteiger partial charge in [0.15, 0.2) is 6.10 Å². The molecule has 0 amide bonds. The molecule has 3 N–H and O–H groups in total. The summed E-state index contributed by atoms with van der Waals surface area (Å²) < 4.78 is 33.2. The number of phosphoric acid groups is 1. The van der Waals surface area contributed by atoms with Gasteiger partial charge in [0.1, 0.15) is 6.61 Å². The van der Waals surface area contributed by atoms with E-state index >= 15 is 0 Å². The fourth-order valence-corrected chi connectivity index (χ4v) is 11.0. The molecule has 0 rings (SSSR count). The zero-order valence-electron chi connectivity index (χ0n) is 55.3. The third-order valence-electron chi connectivity index (χ3n) is 15.5. The second kappa shape index (κ2) is 70.0. The summed E-state index contributed by atoms with van der Waals surface area (Å²) in [5.74, 6) is -0.815. The van der Waals surface area contributed by atoms with Crippen molar-refractivity contribution < 1.29 is 37.6 Å². The van der Waals surface area contributed by atoms with E-state index in [-0.39, 0.29) is 38.6 Å². The van der Waals surface area contributed by atoms with E-state index in [0.29, 0.717) is 6.42 Å². The maximum Gasteiger partial charge on any atom is 0.472 e. The lowest BCUT2D eigenvalue weighted by atomic mass is 10.0. The molecule has 0 heterocycles. The number of hydrogen-bond donors (Lipinski definition) is 2. The minimum absolute atomic E-state index is 0.0526. The lowest BCUT2D eigenvalue weighted by molar-refractivity contribution is -0.161. The van der Waals surface area contributed by atoms with Gasteiger partial charge in [0.25, 0.3) is 0 Å². The molecule has 0 spiro atoms. The molecule has 10 heteroatoms. The fourth-order valence-electron chi connectivity index (χ4n) is 10.2. The molecule has 0 aromatic carbocycles. The van der Waals surface area contributed by atoms with Crippen LogP contribution in [-0.4, -0.2) is 49.3 Å². The Labute approximate surface area is 525 Å². The molecule has 0 aromatic rings. The first kappa shape index (κ1) is 81.9. The van der Waals surface area contributed by atoms with Crippen LogP contribution in [0.1, 0.15) is 335 Å². The molecule has 0 fully saturated rings. The van der Waals surface area contributed by atoms with Crippen molar-refractivity contribution in [3.05, 3.63) is 97.2 Å². The number of esters is 2. The number of allylic oxidation sites excluding steroid dienone is 16. The smallest absolute Gasteiger partial charge is 0.462 e. The number of carbonyl (C=O) groups excluding carboxylic acids is 2. The average molecular weight is 1210 g/mol. The zero-order chi connectivity index (χ0) is 61.6. The molecule has 85 heavy (non-hydrogen) atoms. The summed E-state index contributed by atoms with van der Waals surface area (Å²) in [6, 6.07) is 0. The monoisotopic (exact) mass is 1210 g/mol. The quantitative estimate of drug-likeness (QED) is 0.0264. The Bertz CT molecular complexity index is 1720. The van der Waals surface area contributed by atoms with E-state index in [4.69, 9.17) is 24.3 Å². The van der Waals surface area contributed by atoms with Crippen molar-refractivity contribution in [2.45, 2.75) is 341 Å². The second-order valence-corrected chi connectivity index (χ2v) is 25.2. The Hall–Kier alpha value is -3.07. The van der Waals surface area contributed by atoms with Gasteiger partial charge in [-0.1, -0.05) is 323 Å². The number of nitrogens with two attached hydrogens (primary N) is 1. The highest BCUT2D eigenvalue weighted by Gasteiger charge is 2.26. The highest BCUT2D eigenvalue weighted by Crippen LogP contribution is 2.43. The van der Waals surface area contributed by atoms with Crippen molar-refractivity contribution in [3.63, 3.8) is 0 Å². The van der Waals surface area contributed by atoms with E-state index in [1.807, 2.05) is 0 Å². The second-order valence-electron chi connectivity index (χ2n) is 23.7. The van der Waals surface area contributed by atoms with E-state index in [0.717, 1.165) is 83.5 Å². The van der Waals surface area contributed by atoms with Gasteiger partial charge in [0.05, 0.1) is 13.2 Å². The van der Waals surface area contributed by atoms with E-state index in [2.05, 4.69) is 111 Å². The molecule has 0 aliphatic carbocycles. The lowest BCUT2D eigenvalue weighted by Crippen LogP contribution is -2.29. The molecule has 492 valence electrons.